The maximum Gasteiger partial charge on any atom is 0.228 e. The zero-order valence-corrected chi connectivity index (χ0v) is 11.5. The molecule has 0 radical (unpaired) electrons. The van der Waals surface area contributed by atoms with E-state index in [2.05, 4.69) is 20.0 Å². The van der Waals surface area contributed by atoms with Gasteiger partial charge in [-0.25, -0.2) is 0 Å². The molecular formula is C12H18N6O. The quantitative estimate of drug-likeness (QED) is 0.774. The monoisotopic (exact) mass is 262 g/mol. The van der Waals surface area contributed by atoms with Gasteiger partial charge in [-0.2, -0.15) is 15.1 Å². The Bertz CT molecular complexity index is 587. The van der Waals surface area contributed by atoms with Crippen molar-refractivity contribution in [3.05, 3.63) is 6.20 Å². The number of aromatic nitrogens is 4. The minimum atomic E-state index is 0.706. The summed E-state index contributed by atoms with van der Waals surface area (Å²) in [6.07, 6.45) is 1.83. The van der Waals surface area contributed by atoms with Gasteiger partial charge in [-0.15, -0.1) is 0 Å². The van der Waals surface area contributed by atoms with Crippen molar-refractivity contribution in [1.29, 1.82) is 0 Å². The molecule has 0 bridgehead atoms. The van der Waals surface area contributed by atoms with E-state index in [4.69, 9.17) is 4.74 Å². The maximum absolute atomic E-state index is 5.40. The van der Waals surface area contributed by atoms with Crippen LogP contribution in [0.25, 0.3) is 11.0 Å². The SMILES string of the molecule is CN(C)c1nc(N2CCOCC2)c2cnn(C)c2n1. The minimum absolute atomic E-state index is 0.706. The van der Waals surface area contributed by atoms with Gasteiger partial charge in [0.05, 0.1) is 24.8 Å². The second-order valence-corrected chi connectivity index (χ2v) is 4.85. The van der Waals surface area contributed by atoms with E-state index in [1.54, 1.807) is 4.68 Å². The number of rotatable bonds is 2. The Balaban J connectivity index is 2.14. The molecule has 3 heterocycles. The van der Waals surface area contributed by atoms with Gasteiger partial charge in [-0.1, -0.05) is 0 Å². The van der Waals surface area contributed by atoms with Crippen LogP contribution in [0.4, 0.5) is 11.8 Å². The first kappa shape index (κ1) is 12.2. The van der Waals surface area contributed by atoms with Gasteiger partial charge >= 0.3 is 0 Å². The minimum Gasteiger partial charge on any atom is -0.378 e. The molecule has 1 aliphatic rings. The Morgan fingerprint density at radius 2 is 1.95 bits per heavy atom. The van der Waals surface area contributed by atoms with E-state index in [9.17, 15) is 0 Å². The van der Waals surface area contributed by atoms with E-state index in [1.165, 1.54) is 0 Å². The van der Waals surface area contributed by atoms with Gasteiger partial charge in [-0.05, 0) is 0 Å². The zero-order chi connectivity index (χ0) is 13.4. The Kier molecular flexibility index (Phi) is 2.98. The summed E-state index contributed by atoms with van der Waals surface area (Å²) in [4.78, 5) is 13.4. The molecule has 2 aromatic rings. The molecule has 0 N–H and O–H groups in total. The lowest BCUT2D eigenvalue weighted by molar-refractivity contribution is 0.122. The van der Waals surface area contributed by atoms with E-state index >= 15 is 0 Å². The Morgan fingerprint density at radius 1 is 1.21 bits per heavy atom. The van der Waals surface area contributed by atoms with Gasteiger partial charge in [0, 0.05) is 34.2 Å². The molecule has 102 valence electrons. The number of hydrogen-bond donors (Lipinski definition) is 0. The van der Waals surface area contributed by atoms with Crippen molar-refractivity contribution in [2.24, 2.45) is 7.05 Å². The molecule has 1 fully saturated rings. The van der Waals surface area contributed by atoms with Crippen LogP contribution in [0.15, 0.2) is 6.20 Å². The number of aryl methyl sites for hydroxylation is 1. The van der Waals surface area contributed by atoms with Crippen LogP contribution in [0.5, 0.6) is 0 Å². The highest BCUT2D eigenvalue weighted by Crippen LogP contribution is 2.26. The van der Waals surface area contributed by atoms with Gasteiger partial charge in [-0.3, -0.25) is 4.68 Å². The predicted octanol–water partition coefficient (Wildman–Crippen LogP) is 0.266. The van der Waals surface area contributed by atoms with Gasteiger partial charge in [0.1, 0.15) is 5.82 Å². The highest BCUT2D eigenvalue weighted by molar-refractivity contribution is 5.88. The summed E-state index contributed by atoms with van der Waals surface area (Å²) in [6, 6.07) is 0. The van der Waals surface area contributed by atoms with Crippen molar-refractivity contribution >= 4 is 22.8 Å². The summed E-state index contributed by atoms with van der Waals surface area (Å²) in [5.74, 6) is 1.66. The molecule has 0 unspecified atom stereocenters. The summed E-state index contributed by atoms with van der Waals surface area (Å²) in [6.45, 7) is 3.19. The molecule has 0 atom stereocenters. The average molecular weight is 262 g/mol. The van der Waals surface area contributed by atoms with Crippen LogP contribution in [-0.4, -0.2) is 60.1 Å². The van der Waals surface area contributed by atoms with Crippen LogP contribution in [-0.2, 0) is 11.8 Å². The fourth-order valence-corrected chi connectivity index (χ4v) is 2.21. The molecule has 1 saturated heterocycles. The Hall–Kier alpha value is -1.89. The van der Waals surface area contributed by atoms with Crippen LogP contribution in [0.2, 0.25) is 0 Å². The number of anilines is 2. The standard InChI is InChI=1S/C12H18N6O/c1-16(2)12-14-10-9(8-13-17(10)3)11(15-12)18-4-6-19-7-5-18/h8H,4-7H2,1-3H3. The summed E-state index contributed by atoms with van der Waals surface area (Å²) in [5.41, 5.74) is 0.861. The summed E-state index contributed by atoms with van der Waals surface area (Å²) in [7, 11) is 5.79. The van der Waals surface area contributed by atoms with Crippen molar-refractivity contribution in [1.82, 2.24) is 19.7 Å². The number of hydrogen-bond acceptors (Lipinski definition) is 6. The van der Waals surface area contributed by atoms with Crippen molar-refractivity contribution in [2.45, 2.75) is 0 Å². The smallest absolute Gasteiger partial charge is 0.228 e. The number of fused-ring (bicyclic) bond motifs is 1. The molecule has 7 heteroatoms. The van der Waals surface area contributed by atoms with Crippen molar-refractivity contribution in [3.63, 3.8) is 0 Å². The van der Waals surface area contributed by atoms with Crippen molar-refractivity contribution < 1.29 is 4.74 Å². The van der Waals surface area contributed by atoms with E-state index in [0.29, 0.717) is 5.95 Å². The highest BCUT2D eigenvalue weighted by Gasteiger charge is 2.19. The van der Waals surface area contributed by atoms with Crippen LogP contribution < -0.4 is 9.80 Å². The van der Waals surface area contributed by atoms with E-state index in [0.717, 1.165) is 43.2 Å². The van der Waals surface area contributed by atoms with Crippen LogP contribution >= 0.6 is 0 Å². The second-order valence-electron chi connectivity index (χ2n) is 4.85. The van der Waals surface area contributed by atoms with Crippen LogP contribution in [0, 0.1) is 0 Å². The molecule has 19 heavy (non-hydrogen) atoms. The molecule has 0 aliphatic carbocycles. The van der Waals surface area contributed by atoms with E-state index in [1.807, 2.05) is 32.2 Å². The third kappa shape index (κ3) is 2.10. The van der Waals surface area contributed by atoms with Gasteiger partial charge in [0.15, 0.2) is 5.65 Å². The molecule has 0 amide bonds. The molecule has 1 aliphatic heterocycles. The third-order valence-corrected chi connectivity index (χ3v) is 3.27. The van der Waals surface area contributed by atoms with Crippen molar-refractivity contribution in [3.8, 4) is 0 Å². The molecule has 3 rings (SSSR count). The van der Waals surface area contributed by atoms with Crippen LogP contribution in [0.3, 0.4) is 0 Å². The Morgan fingerprint density at radius 3 is 2.63 bits per heavy atom. The summed E-state index contributed by atoms with van der Waals surface area (Å²) >= 11 is 0. The number of nitrogens with zero attached hydrogens (tertiary/aromatic N) is 6. The van der Waals surface area contributed by atoms with Gasteiger partial charge < -0.3 is 14.5 Å². The fourth-order valence-electron chi connectivity index (χ4n) is 2.21. The van der Waals surface area contributed by atoms with E-state index in [-0.39, 0.29) is 0 Å². The first-order valence-corrected chi connectivity index (χ1v) is 6.36. The highest BCUT2D eigenvalue weighted by atomic mass is 16.5. The molecular weight excluding hydrogens is 244 g/mol. The molecule has 0 saturated carbocycles. The zero-order valence-electron chi connectivity index (χ0n) is 11.5. The van der Waals surface area contributed by atoms with Crippen molar-refractivity contribution in [2.75, 3.05) is 50.2 Å². The average Bonchev–Trinajstić information content (AvgIpc) is 2.80. The first-order chi connectivity index (χ1) is 9.16. The lowest BCUT2D eigenvalue weighted by atomic mass is 10.3. The summed E-state index contributed by atoms with van der Waals surface area (Å²) in [5, 5.41) is 5.28. The summed E-state index contributed by atoms with van der Waals surface area (Å²) < 4.78 is 7.19. The fraction of sp³-hybridized carbons (Fsp3) is 0.583. The Labute approximate surface area is 111 Å². The molecule has 2 aromatic heterocycles. The third-order valence-electron chi connectivity index (χ3n) is 3.27. The largest absolute Gasteiger partial charge is 0.378 e. The number of ether oxygens (including phenoxy) is 1. The first-order valence-electron chi connectivity index (χ1n) is 6.36. The second kappa shape index (κ2) is 4.65. The maximum atomic E-state index is 5.40. The van der Waals surface area contributed by atoms with Gasteiger partial charge in [0.2, 0.25) is 5.95 Å². The van der Waals surface area contributed by atoms with Gasteiger partial charge in [0.25, 0.3) is 0 Å². The molecule has 0 spiro atoms. The normalized spacial score (nSPS) is 16.1. The van der Waals surface area contributed by atoms with E-state index < -0.39 is 0 Å². The predicted molar refractivity (Wildman–Crippen MR) is 73.7 cm³/mol. The number of morpholine rings is 1. The molecule has 0 aromatic carbocycles. The van der Waals surface area contributed by atoms with Crippen LogP contribution in [0.1, 0.15) is 0 Å². The molecule has 7 nitrogen and oxygen atoms in total. The lowest BCUT2D eigenvalue weighted by Crippen LogP contribution is -2.37. The lowest BCUT2D eigenvalue weighted by Gasteiger charge is -2.28. The topological polar surface area (TPSA) is 59.3 Å².